The van der Waals surface area contributed by atoms with E-state index in [1.807, 2.05) is 0 Å². The molecule has 0 unspecified atom stereocenters. The molecule has 0 saturated heterocycles. The molecule has 0 N–H and O–H groups in total. The number of nitrogens with zero attached hydrogens (tertiary/aromatic N) is 1. The van der Waals surface area contributed by atoms with E-state index >= 15 is 0 Å². The Labute approximate surface area is 213 Å². The van der Waals surface area contributed by atoms with Crippen LogP contribution in [0.1, 0.15) is 27.8 Å². The van der Waals surface area contributed by atoms with E-state index in [0.29, 0.717) is 0 Å². The molecule has 5 aromatic rings. The first kappa shape index (κ1) is 21.3. The van der Waals surface area contributed by atoms with E-state index in [4.69, 9.17) is 0 Å². The normalized spacial score (nSPS) is 13.3. The van der Waals surface area contributed by atoms with Gasteiger partial charge in [0.25, 0.3) is 0 Å². The molecule has 1 heterocycles. The van der Waals surface area contributed by atoms with Gasteiger partial charge in [-0.15, -0.1) is 0 Å². The molecule has 4 aromatic carbocycles. The summed E-state index contributed by atoms with van der Waals surface area (Å²) in [7, 11) is 0. The van der Waals surface area contributed by atoms with E-state index in [0.717, 1.165) is 38.6 Å². The molecule has 174 valence electrons. The first-order chi connectivity index (χ1) is 17.9. The molecule has 1 heteroatoms. The first-order valence-electron chi connectivity index (χ1n) is 13.3. The number of hydrogen-bond donors (Lipinski definition) is 0. The highest BCUT2D eigenvalue weighted by molar-refractivity contribution is 5.85. The Kier molecular flexibility index (Phi) is 5.28. The second-order valence-corrected chi connectivity index (χ2v) is 10.1. The van der Waals surface area contributed by atoms with Crippen molar-refractivity contribution in [1.82, 2.24) is 0 Å². The van der Waals surface area contributed by atoms with Crippen molar-refractivity contribution in [3.8, 4) is 33.6 Å². The molecular weight excluding hydrogens is 434 g/mol. The van der Waals surface area contributed by atoms with Crippen LogP contribution in [-0.4, -0.2) is 0 Å². The van der Waals surface area contributed by atoms with E-state index in [-0.39, 0.29) is 0 Å². The first-order valence-corrected chi connectivity index (χ1v) is 13.3. The predicted molar refractivity (Wildman–Crippen MR) is 148 cm³/mol. The maximum atomic E-state index is 2.69. The third-order valence-corrected chi connectivity index (χ3v) is 8.08. The van der Waals surface area contributed by atoms with Crippen LogP contribution in [0.2, 0.25) is 0 Å². The molecule has 1 aromatic heterocycles. The topological polar surface area (TPSA) is 3.88 Å². The monoisotopic (exact) mass is 464 g/mol. The minimum absolute atomic E-state index is 0.979. The van der Waals surface area contributed by atoms with E-state index in [2.05, 4.69) is 114 Å². The van der Waals surface area contributed by atoms with Crippen LogP contribution in [0.15, 0.2) is 109 Å². The smallest absolute Gasteiger partial charge is 0.190 e. The van der Waals surface area contributed by atoms with Crippen molar-refractivity contribution in [2.75, 3.05) is 0 Å². The maximum Gasteiger partial charge on any atom is 0.217 e. The van der Waals surface area contributed by atoms with Gasteiger partial charge in [-0.2, -0.15) is 4.57 Å². The highest BCUT2D eigenvalue weighted by Crippen LogP contribution is 2.44. The maximum absolute atomic E-state index is 2.69. The van der Waals surface area contributed by atoms with Gasteiger partial charge in [0.2, 0.25) is 11.4 Å². The molecular formula is C35H30N+. The lowest BCUT2D eigenvalue weighted by Crippen LogP contribution is -2.44. The van der Waals surface area contributed by atoms with Gasteiger partial charge in [-0.1, -0.05) is 97.1 Å². The van der Waals surface area contributed by atoms with Gasteiger partial charge >= 0.3 is 0 Å². The molecule has 0 saturated carbocycles. The summed E-state index contributed by atoms with van der Waals surface area (Å²) >= 11 is 0. The zero-order chi connectivity index (χ0) is 23.9. The molecule has 0 amide bonds. The lowest BCUT2D eigenvalue weighted by atomic mass is 9.77. The predicted octanol–water partition coefficient (Wildman–Crippen LogP) is 7.42. The Morgan fingerprint density at radius 3 is 1.58 bits per heavy atom. The Morgan fingerprint density at radius 2 is 1.00 bits per heavy atom. The van der Waals surface area contributed by atoms with E-state index < -0.39 is 0 Å². The number of rotatable bonds is 4. The lowest BCUT2D eigenvalue weighted by Gasteiger charge is -2.28. The van der Waals surface area contributed by atoms with Crippen LogP contribution in [0, 0.1) is 0 Å². The van der Waals surface area contributed by atoms with Crippen molar-refractivity contribution in [1.29, 1.82) is 0 Å². The Balaban J connectivity index is 1.56. The molecule has 0 radical (unpaired) electrons. The van der Waals surface area contributed by atoms with E-state index in [9.17, 15) is 0 Å². The molecule has 36 heavy (non-hydrogen) atoms. The molecule has 0 bridgehead atoms. The van der Waals surface area contributed by atoms with Crippen LogP contribution in [0.5, 0.6) is 0 Å². The molecule has 0 spiro atoms. The summed E-state index contributed by atoms with van der Waals surface area (Å²) in [5, 5.41) is 0. The Bertz CT molecular complexity index is 1490. The fourth-order valence-electron chi connectivity index (χ4n) is 6.48. The summed E-state index contributed by atoms with van der Waals surface area (Å²) in [6.07, 6.45) is 5.43. The summed E-state index contributed by atoms with van der Waals surface area (Å²) < 4.78 is 2.69. The fourth-order valence-corrected chi connectivity index (χ4v) is 6.48. The lowest BCUT2D eigenvalue weighted by molar-refractivity contribution is -0.675. The number of aromatic nitrogens is 1. The highest BCUT2D eigenvalue weighted by Gasteiger charge is 2.37. The molecule has 7 rings (SSSR count). The van der Waals surface area contributed by atoms with Gasteiger partial charge in [0.15, 0.2) is 6.54 Å². The quantitative estimate of drug-likeness (QED) is 0.244. The molecule has 0 atom stereocenters. The Morgan fingerprint density at radius 1 is 0.500 bits per heavy atom. The van der Waals surface area contributed by atoms with Gasteiger partial charge < -0.3 is 0 Å². The molecule has 2 aliphatic rings. The van der Waals surface area contributed by atoms with Gasteiger partial charge in [-0.25, -0.2) is 0 Å². The third-order valence-electron chi connectivity index (χ3n) is 8.08. The highest BCUT2D eigenvalue weighted by atomic mass is 15.0. The summed E-state index contributed by atoms with van der Waals surface area (Å²) in [5.41, 5.74) is 15.9. The number of pyridine rings is 1. The standard InChI is InChI=1S/C35H30N/c1-3-11-25(12-4-1)23-24-36-34-29-17-9-7-13-26(29)19-21-31(34)33(28-15-5-2-6-16-28)32-22-20-27-14-8-10-18-30(27)35(32)36/h1-18H,19-24H2/q+1. The van der Waals surface area contributed by atoms with Crippen LogP contribution >= 0.6 is 0 Å². The summed E-state index contributed by atoms with van der Waals surface area (Å²) in [4.78, 5) is 0. The average molecular weight is 465 g/mol. The zero-order valence-electron chi connectivity index (χ0n) is 20.6. The fraction of sp³-hybridized carbons (Fsp3) is 0.171. The second-order valence-electron chi connectivity index (χ2n) is 10.1. The van der Waals surface area contributed by atoms with Crippen LogP contribution in [-0.2, 0) is 38.6 Å². The number of hydrogen-bond acceptors (Lipinski definition) is 0. The van der Waals surface area contributed by atoms with Crippen LogP contribution < -0.4 is 4.57 Å². The molecule has 1 nitrogen and oxygen atoms in total. The van der Waals surface area contributed by atoms with Crippen molar-refractivity contribution in [3.05, 3.63) is 137 Å². The molecule has 2 aliphatic carbocycles. The Hall–Kier alpha value is -3.97. The number of fused-ring (bicyclic) bond motifs is 6. The van der Waals surface area contributed by atoms with Crippen molar-refractivity contribution in [3.63, 3.8) is 0 Å². The van der Waals surface area contributed by atoms with Crippen molar-refractivity contribution in [2.24, 2.45) is 0 Å². The van der Waals surface area contributed by atoms with E-state index in [1.54, 1.807) is 0 Å². The van der Waals surface area contributed by atoms with Gasteiger partial charge in [0.1, 0.15) is 0 Å². The second kappa shape index (κ2) is 8.91. The van der Waals surface area contributed by atoms with Gasteiger partial charge in [0, 0.05) is 34.2 Å². The molecule has 0 aliphatic heterocycles. The SMILES string of the molecule is c1ccc(CC[n+]2c3c(c(-c4ccccc4)c4c2-c2ccccc2CC4)CCc2ccccc2-3)cc1. The summed E-state index contributed by atoms with van der Waals surface area (Å²) in [6.45, 7) is 0.979. The summed E-state index contributed by atoms with van der Waals surface area (Å²) in [6, 6.07) is 40.3. The van der Waals surface area contributed by atoms with Crippen LogP contribution in [0.25, 0.3) is 33.6 Å². The summed E-state index contributed by atoms with van der Waals surface area (Å²) in [5.74, 6) is 0. The zero-order valence-corrected chi connectivity index (χ0v) is 20.6. The van der Waals surface area contributed by atoms with Gasteiger partial charge in [0.05, 0.1) is 0 Å². The average Bonchev–Trinajstić information content (AvgIpc) is 2.96. The minimum atomic E-state index is 0.979. The van der Waals surface area contributed by atoms with Crippen molar-refractivity contribution >= 4 is 0 Å². The molecule has 0 fully saturated rings. The largest absolute Gasteiger partial charge is 0.217 e. The third kappa shape index (κ3) is 3.50. The van der Waals surface area contributed by atoms with E-state index in [1.165, 1.54) is 61.5 Å². The van der Waals surface area contributed by atoms with Crippen LogP contribution in [0.3, 0.4) is 0 Å². The minimum Gasteiger partial charge on any atom is -0.190 e. The number of aryl methyl sites for hydroxylation is 3. The van der Waals surface area contributed by atoms with Crippen molar-refractivity contribution in [2.45, 2.75) is 38.6 Å². The van der Waals surface area contributed by atoms with Crippen LogP contribution in [0.4, 0.5) is 0 Å². The number of benzene rings is 4. The van der Waals surface area contributed by atoms with Gasteiger partial charge in [-0.05, 0) is 60.1 Å². The van der Waals surface area contributed by atoms with Crippen molar-refractivity contribution < 1.29 is 4.57 Å². The van der Waals surface area contributed by atoms with Gasteiger partial charge in [-0.3, -0.25) is 0 Å².